The fourth-order valence-corrected chi connectivity index (χ4v) is 1.01. The van der Waals surface area contributed by atoms with Gasteiger partial charge in [0.05, 0.1) is 12.4 Å². The van der Waals surface area contributed by atoms with Crippen molar-refractivity contribution in [2.75, 3.05) is 6.54 Å². The molecule has 0 bridgehead atoms. The molecule has 0 aromatic carbocycles. The second kappa shape index (κ2) is 6.27. The third-order valence-corrected chi connectivity index (χ3v) is 2.31. The van der Waals surface area contributed by atoms with Crippen LogP contribution < -0.4 is 11.5 Å². The van der Waals surface area contributed by atoms with E-state index in [2.05, 4.69) is 4.99 Å². The van der Waals surface area contributed by atoms with Gasteiger partial charge in [-0.15, -0.1) is 0 Å². The van der Waals surface area contributed by atoms with E-state index in [9.17, 15) is 4.79 Å². The quantitative estimate of drug-likeness (QED) is 0.356. The van der Waals surface area contributed by atoms with Crippen LogP contribution in [0, 0.1) is 0 Å². The van der Waals surface area contributed by atoms with Crippen molar-refractivity contribution in [3.63, 3.8) is 0 Å². The largest absolute Gasteiger partial charge is 0.480 e. The van der Waals surface area contributed by atoms with Crippen molar-refractivity contribution < 1.29 is 9.90 Å². The second-order valence-corrected chi connectivity index (χ2v) is 4.26. The Morgan fingerprint density at radius 1 is 1.50 bits per heavy atom. The van der Waals surface area contributed by atoms with Crippen LogP contribution in [0.2, 0.25) is 0 Å². The number of aliphatic carboxylic acids is 1. The average molecular weight is 227 g/mol. The number of aliphatic imine (C=N–C) groups is 1. The Morgan fingerprint density at radius 2 is 2.06 bits per heavy atom. The Labute approximate surface area is 96.2 Å². The highest BCUT2D eigenvalue weighted by atomic mass is 16.4. The first-order valence-electron chi connectivity index (χ1n) is 5.20. The van der Waals surface area contributed by atoms with Gasteiger partial charge in [0.25, 0.3) is 0 Å². The molecule has 0 aromatic heterocycles. The van der Waals surface area contributed by atoms with Gasteiger partial charge in [-0.05, 0) is 33.6 Å². The normalized spacial score (nSPS) is 17.0. The van der Waals surface area contributed by atoms with Gasteiger partial charge in [0, 0.05) is 0 Å². The molecule has 0 fully saturated rings. The van der Waals surface area contributed by atoms with Crippen molar-refractivity contribution in [3.05, 3.63) is 11.6 Å². The summed E-state index contributed by atoms with van der Waals surface area (Å²) >= 11 is 0. The molecule has 5 N–H and O–H groups in total. The van der Waals surface area contributed by atoms with Crippen LogP contribution in [-0.4, -0.2) is 29.0 Å². The maximum absolute atomic E-state index is 10.8. The third kappa shape index (κ3) is 6.19. The summed E-state index contributed by atoms with van der Waals surface area (Å²) in [5.41, 5.74) is 10.9. The maximum Gasteiger partial charge on any atom is 0.323 e. The number of carbonyl (C=O) groups is 1. The zero-order chi connectivity index (χ0) is 12.8. The van der Waals surface area contributed by atoms with Crippen molar-refractivity contribution in [3.8, 4) is 0 Å². The Bertz CT molecular complexity index is 302. The molecule has 0 saturated carbocycles. The highest BCUT2D eigenvalue weighted by Gasteiger charge is 2.26. The molecule has 0 saturated heterocycles. The first kappa shape index (κ1) is 14.6. The molecule has 1 atom stereocenters. The highest BCUT2D eigenvalue weighted by Crippen LogP contribution is 2.13. The van der Waals surface area contributed by atoms with Crippen molar-refractivity contribution >= 4 is 11.8 Å². The molecule has 0 radical (unpaired) electrons. The average Bonchev–Trinajstić information content (AvgIpc) is 2.14. The van der Waals surface area contributed by atoms with Crippen molar-refractivity contribution in [1.29, 1.82) is 0 Å². The minimum Gasteiger partial charge on any atom is -0.480 e. The summed E-state index contributed by atoms with van der Waals surface area (Å²) in [5, 5.41) is 8.82. The predicted octanol–water partition coefficient (Wildman–Crippen LogP) is 0.892. The molecular weight excluding hydrogens is 206 g/mol. The topological polar surface area (TPSA) is 102 Å². The molecule has 0 aliphatic rings. The zero-order valence-electron chi connectivity index (χ0n) is 10.2. The summed E-state index contributed by atoms with van der Waals surface area (Å²) in [7, 11) is 0. The van der Waals surface area contributed by atoms with Gasteiger partial charge in [-0.3, -0.25) is 9.79 Å². The van der Waals surface area contributed by atoms with E-state index in [1.165, 1.54) is 6.92 Å². The van der Waals surface area contributed by atoms with Crippen molar-refractivity contribution in [1.82, 2.24) is 0 Å². The van der Waals surface area contributed by atoms with E-state index in [0.717, 1.165) is 5.57 Å². The smallest absolute Gasteiger partial charge is 0.323 e. The van der Waals surface area contributed by atoms with E-state index in [1.807, 2.05) is 13.0 Å². The molecule has 5 nitrogen and oxygen atoms in total. The molecule has 0 aromatic rings. The number of nitrogens with zero attached hydrogens (tertiary/aromatic N) is 1. The fourth-order valence-electron chi connectivity index (χ4n) is 1.01. The van der Waals surface area contributed by atoms with Crippen LogP contribution in [0.1, 0.15) is 33.6 Å². The summed E-state index contributed by atoms with van der Waals surface area (Å²) < 4.78 is 0. The van der Waals surface area contributed by atoms with Gasteiger partial charge in [0.15, 0.2) is 0 Å². The number of hydrogen-bond acceptors (Lipinski definition) is 3. The van der Waals surface area contributed by atoms with Gasteiger partial charge in [0.1, 0.15) is 5.54 Å². The van der Waals surface area contributed by atoms with E-state index in [1.54, 1.807) is 6.92 Å². The lowest BCUT2D eigenvalue weighted by Crippen LogP contribution is -2.44. The maximum atomic E-state index is 10.8. The van der Waals surface area contributed by atoms with Gasteiger partial charge in [-0.25, -0.2) is 0 Å². The molecule has 0 spiro atoms. The number of rotatable bonds is 6. The summed E-state index contributed by atoms with van der Waals surface area (Å²) in [4.78, 5) is 14.8. The summed E-state index contributed by atoms with van der Waals surface area (Å²) in [6.45, 7) is 5.71. The lowest BCUT2D eigenvalue weighted by atomic mass is 9.95. The van der Waals surface area contributed by atoms with E-state index < -0.39 is 11.5 Å². The predicted molar refractivity (Wildman–Crippen MR) is 65.4 cm³/mol. The lowest BCUT2D eigenvalue weighted by molar-refractivity contribution is -0.142. The molecule has 0 heterocycles. The number of carboxylic acids is 1. The van der Waals surface area contributed by atoms with E-state index in [-0.39, 0.29) is 0 Å². The number of amidine groups is 1. The van der Waals surface area contributed by atoms with Crippen LogP contribution >= 0.6 is 0 Å². The summed E-state index contributed by atoms with van der Waals surface area (Å²) in [6, 6.07) is 0. The number of nitrogens with two attached hydrogens (primary N) is 2. The number of carboxylic acid groups (broad SMARTS) is 1. The lowest BCUT2D eigenvalue weighted by Gasteiger charge is -2.18. The zero-order valence-corrected chi connectivity index (χ0v) is 10.2. The van der Waals surface area contributed by atoms with E-state index in [0.29, 0.717) is 25.2 Å². The molecule has 0 aliphatic carbocycles. The van der Waals surface area contributed by atoms with Crippen LogP contribution in [0.15, 0.2) is 16.6 Å². The Morgan fingerprint density at radius 3 is 2.50 bits per heavy atom. The third-order valence-electron chi connectivity index (χ3n) is 2.31. The standard InChI is InChI=1S/C11H21N3O2/c1-8(5-7-14-9(2)12)4-6-11(3,13)10(15)16/h5H,4,6-7,13H2,1-3H3,(H2,12,14)(H,15,16)/b8-5-. The molecule has 0 amide bonds. The van der Waals surface area contributed by atoms with Crippen LogP contribution in [0.3, 0.4) is 0 Å². The minimum absolute atomic E-state index is 0.413. The SMILES string of the molecule is CC(N)=NC/C=C(/C)CCC(C)(N)C(=O)O. The van der Waals surface area contributed by atoms with Crippen LogP contribution in [0.5, 0.6) is 0 Å². The number of hydrogen-bond donors (Lipinski definition) is 3. The van der Waals surface area contributed by atoms with Gasteiger partial charge >= 0.3 is 5.97 Å². The molecule has 16 heavy (non-hydrogen) atoms. The number of allylic oxidation sites excluding steroid dienone is 1. The Kier molecular flexibility index (Phi) is 5.74. The van der Waals surface area contributed by atoms with Crippen LogP contribution in [0.25, 0.3) is 0 Å². The monoisotopic (exact) mass is 227 g/mol. The molecule has 0 rings (SSSR count). The second-order valence-electron chi connectivity index (χ2n) is 4.26. The molecular formula is C11H21N3O2. The Balaban J connectivity index is 4.12. The van der Waals surface area contributed by atoms with Crippen LogP contribution in [-0.2, 0) is 4.79 Å². The molecule has 0 aliphatic heterocycles. The first-order chi connectivity index (χ1) is 7.25. The van der Waals surface area contributed by atoms with Crippen molar-refractivity contribution in [2.45, 2.75) is 39.2 Å². The first-order valence-corrected chi connectivity index (χ1v) is 5.20. The Hall–Kier alpha value is -1.36. The summed E-state index contributed by atoms with van der Waals surface area (Å²) in [6.07, 6.45) is 2.99. The van der Waals surface area contributed by atoms with Gasteiger partial charge in [-0.2, -0.15) is 0 Å². The summed E-state index contributed by atoms with van der Waals surface area (Å²) in [5.74, 6) is -0.436. The van der Waals surface area contributed by atoms with Crippen LogP contribution in [0.4, 0.5) is 0 Å². The van der Waals surface area contributed by atoms with Gasteiger partial charge in [0.2, 0.25) is 0 Å². The highest BCUT2D eigenvalue weighted by molar-refractivity contribution is 5.78. The van der Waals surface area contributed by atoms with Gasteiger partial charge < -0.3 is 16.6 Å². The molecule has 1 unspecified atom stereocenters. The molecule has 5 heteroatoms. The van der Waals surface area contributed by atoms with E-state index >= 15 is 0 Å². The fraction of sp³-hybridized carbons (Fsp3) is 0.636. The molecule has 92 valence electrons. The van der Waals surface area contributed by atoms with Crippen molar-refractivity contribution in [2.24, 2.45) is 16.5 Å². The minimum atomic E-state index is -1.16. The van der Waals surface area contributed by atoms with E-state index in [4.69, 9.17) is 16.6 Å². The van der Waals surface area contributed by atoms with Gasteiger partial charge in [-0.1, -0.05) is 11.6 Å².